The third kappa shape index (κ3) is 3.87. The van der Waals surface area contributed by atoms with Crippen molar-refractivity contribution in [3.8, 4) is 0 Å². The van der Waals surface area contributed by atoms with E-state index in [-0.39, 0.29) is 15.7 Å². The molecule has 0 bridgehead atoms. The Morgan fingerprint density at radius 3 is 2.42 bits per heavy atom. The summed E-state index contributed by atoms with van der Waals surface area (Å²) in [7, 11) is 0. The van der Waals surface area contributed by atoms with Crippen LogP contribution in [0.4, 0.5) is 10.7 Å². The van der Waals surface area contributed by atoms with Crippen LogP contribution >= 0.6 is 27.3 Å². The van der Waals surface area contributed by atoms with E-state index in [9.17, 15) is 19.7 Å². The lowest BCUT2D eigenvalue weighted by atomic mass is 10.0. The minimum absolute atomic E-state index is 0.119. The molecule has 3 aromatic rings. The highest BCUT2D eigenvalue weighted by Gasteiger charge is 2.19. The molecular weight excluding hydrogens is 420 g/mol. The molecule has 3 rings (SSSR count). The van der Waals surface area contributed by atoms with Gasteiger partial charge in [0.2, 0.25) is 0 Å². The maximum Gasteiger partial charge on any atom is 0.324 e. The minimum atomic E-state index is -0.550. The number of carbonyl (C=O) groups is 2. The first-order valence-electron chi connectivity index (χ1n) is 7.40. The average molecular weight is 431 g/mol. The lowest BCUT2D eigenvalue weighted by Crippen LogP contribution is -2.14. The molecule has 0 radical (unpaired) electrons. The van der Waals surface area contributed by atoms with Crippen LogP contribution in [0.25, 0.3) is 0 Å². The van der Waals surface area contributed by atoms with Gasteiger partial charge in [0.15, 0.2) is 5.78 Å². The molecular formula is C18H11BrN2O4S. The summed E-state index contributed by atoms with van der Waals surface area (Å²) in [6.45, 7) is 0. The second-order valence-corrected chi connectivity index (χ2v) is 7.21. The number of thiophene rings is 1. The molecule has 1 amide bonds. The Balaban J connectivity index is 1.91. The van der Waals surface area contributed by atoms with Crippen LogP contribution in [0.5, 0.6) is 0 Å². The highest BCUT2D eigenvalue weighted by Crippen LogP contribution is 2.27. The van der Waals surface area contributed by atoms with Gasteiger partial charge in [0.1, 0.15) is 0 Å². The lowest BCUT2D eigenvalue weighted by molar-refractivity contribution is -0.380. The Bertz CT molecular complexity index is 1000. The third-order valence-electron chi connectivity index (χ3n) is 3.51. The minimum Gasteiger partial charge on any atom is -0.321 e. The largest absolute Gasteiger partial charge is 0.324 e. The molecule has 26 heavy (non-hydrogen) atoms. The lowest BCUT2D eigenvalue weighted by Gasteiger charge is -2.10. The number of benzene rings is 2. The predicted octanol–water partition coefficient (Wildman–Crippen LogP) is 4.90. The Morgan fingerprint density at radius 1 is 1.04 bits per heavy atom. The van der Waals surface area contributed by atoms with Crippen molar-refractivity contribution >= 4 is 49.6 Å². The zero-order chi connectivity index (χ0) is 18.7. The van der Waals surface area contributed by atoms with Gasteiger partial charge in [-0.25, -0.2) is 0 Å². The first-order chi connectivity index (χ1) is 12.5. The highest BCUT2D eigenvalue weighted by molar-refractivity contribution is 9.10. The number of rotatable bonds is 5. The summed E-state index contributed by atoms with van der Waals surface area (Å²) >= 11 is 4.11. The first-order valence-corrected chi connectivity index (χ1v) is 9.01. The standard InChI is InChI=1S/C18H11BrN2O4S/c19-12-6-7-14(13(10-12)17(22)11-4-2-1-3-5-11)20-18(23)15-8-9-16(26-15)21(24)25/h1-10H,(H,20,23). The van der Waals surface area contributed by atoms with Crippen molar-refractivity contribution in [3.05, 3.63) is 91.3 Å². The molecule has 0 unspecified atom stereocenters. The monoisotopic (exact) mass is 430 g/mol. The quantitative estimate of drug-likeness (QED) is 0.354. The Hall–Kier alpha value is -2.84. The zero-order valence-electron chi connectivity index (χ0n) is 13.1. The molecule has 2 aromatic carbocycles. The smallest absolute Gasteiger partial charge is 0.321 e. The molecule has 8 heteroatoms. The fourth-order valence-corrected chi connectivity index (χ4v) is 3.37. The van der Waals surface area contributed by atoms with Crippen LogP contribution in [-0.4, -0.2) is 16.6 Å². The number of anilines is 1. The van der Waals surface area contributed by atoms with Crippen LogP contribution in [0.3, 0.4) is 0 Å². The van der Waals surface area contributed by atoms with Crippen LogP contribution in [0.2, 0.25) is 0 Å². The van der Waals surface area contributed by atoms with Gasteiger partial charge in [-0.15, -0.1) is 0 Å². The van der Waals surface area contributed by atoms with E-state index >= 15 is 0 Å². The summed E-state index contributed by atoms with van der Waals surface area (Å²) in [5.74, 6) is -0.744. The van der Waals surface area contributed by atoms with E-state index in [1.165, 1.54) is 12.1 Å². The third-order valence-corrected chi connectivity index (χ3v) is 5.03. The van der Waals surface area contributed by atoms with Gasteiger partial charge >= 0.3 is 5.00 Å². The molecule has 0 saturated carbocycles. The summed E-state index contributed by atoms with van der Waals surface area (Å²) < 4.78 is 0.696. The average Bonchev–Trinajstić information content (AvgIpc) is 3.14. The zero-order valence-corrected chi connectivity index (χ0v) is 15.5. The number of hydrogen-bond acceptors (Lipinski definition) is 5. The van der Waals surface area contributed by atoms with Crippen LogP contribution in [-0.2, 0) is 0 Å². The Morgan fingerprint density at radius 2 is 1.77 bits per heavy atom. The van der Waals surface area contributed by atoms with Crippen molar-refractivity contribution in [2.24, 2.45) is 0 Å². The van der Waals surface area contributed by atoms with Crippen molar-refractivity contribution in [1.82, 2.24) is 0 Å². The number of ketones is 1. The van der Waals surface area contributed by atoms with Crippen molar-refractivity contribution in [2.45, 2.75) is 0 Å². The molecule has 6 nitrogen and oxygen atoms in total. The number of carbonyl (C=O) groups excluding carboxylic acids is 2. The van der Waals surface area contributed by atoms with Gasteiger partial charge in [-0.1, -0.05) is 57.6 Å². The summed E-state index contributed by atoms with van der Waals surface area (Å²) in [6, 6.07) is 16.3. The van der Waals surface area contributed by atoms with Crippen LogP contribution in [0.1, 0.15) is 25.6 Å². The number of amides is 1. The molecule has 0 spiro atoms. The normalized spacial score (nSPS) is 10.3. The highest BCUT2D eigenvalue weighted by atomic mass is 79.9. The summed E-state index contributed by atoms with van der Waals surface area (Å²) in [5.41, 5.74) is 1.15. The molecule has 1 N–H and O–H groups in total. The van der Waals surface area contributed by atoms with Crippen molar-refractivity contribution < 1.29 is 14.5 Å². The Labute approximate surface area is 160 Å². The van der Waals surface area contributed by atoms with Crippen LogP contribution in [0.15, 0.2) is 65.1 Å². The predicted molar refractivity (Wildman–Crippen MR) is 103 cm³/mol. The topological polar surface area (TPSA) is 89.3 Å². The SMILES string of the molecule is O=C(Nc1ccc(Br)cc1C(=O)c1ccccc1)c1ccc([N+](=O)[O-])s1. The number of nitrogens with one attached hydrogen (secondary N) is 1. The van der Waals surface area contributed by atoms with Gasteiger partial charge in [-0.05, 0) is 24.3 Å². The van der Waals surface area contributed by atoms with E-state index in [0.29, 0.717) is 21.3 Å². The second-order valence-electron chi connectivity index (χ2n) is 5.23. The number of nitrogens with zero attached hydrogens (tertiary/aromatic N) is 1. The van der Waals surface area contributed by atoms with Gasteiger partial charge in [0.05, 0.1) is 15.5 Å². The van der Waals surface area contributed by atoms with Crippen molar-refractivity contribution in [2.75, 3.05) is 5.32 Å². The van der Waals surface area contributed by atoms with Gasteiger partial charge in [-0.3, -0.25) is 19.7 Å². The first kappa shape index (κ1) is 18.0. The van der Waals surface area contributed by atoms with E-state index in [1.54, 1.807) is 42.5 Å². The van der Waals surface area contributed by atoms with Gasteiger partial charge in [-0.2, -0.15) is 0 Å². The van der Waals surface area contributed by atoms with Gasteiger partial charge < -0.3 is 5.32 Å². The second kappa shape index (κ2) is 7.59. The van der Waals surface area contributed by atoms with Gasteiger partial charge in [0.25, 0.3) is 5.91 Å². The van der Waals surface area contributed by atoms with Crippen LogP contribution in [0, 0.1) is 10.1 Å². The van der Waals surface area contributed by atoms with Crippen LogP contribution < -0.4 is 5.32 Å². The molecule has 0 aliphatic rings. The molecule has 1 heterocycles. The fourth-order valence-electron chi connectivity index (χ4n) is 2.29. The maximum absolute atomic E-state index is 12.8. The van der Waals surface area contributed by atoms with E-state index in [2.05, 4.69) is 21.2 Å². The van der Waals surface area contributed by atoms with E-state index in [0.717, 1.165) is 11.3 Å². The molecule has 0 aliphatic heterocycles. The molecule has 1 aromatic heterocycles. The molecule has 130 valence electrons. The molecule has 0 fully saturated rings. The fraction of sp³-hybridized carbons (Fsp3) is 0. The van der Waals surface area contributed by atoms with Crippen molar-refractivity contribution in [1.29, 1.82) is 0 Å². The maximum atomic E-state index is 12.8. The Kier molecular flexibility index (Phi) is 5.24. The van der Waals surface area contributed by atoms with E-state index < -0.39 is 10.8 Å². The number of halogens is 1. The van der Waals surface area contributed by atoms with E-state index in [1.807, 2.05) is 6.07 Å². The van der Waals surface area contributed by atoms with Gasteiger partial charge in [0, 0.05) is 21.7 Å². The molecule has 0 aliphatic carbocycles. The molecule has 0 saturated heterocycles. The summed E-state index contributed by atoms with van der Waals surface area (Å²) in [6.07, 6.45) is 0. The summed E-state index contributed by atoms with van der Waals surface area (Å²) in [4.78, 5) is 35.6. The summed E-state index contributed by atoms with van der Waals surface area (Å²) in [5, 5.41) is 13.3. The van der Waals surface area contributed by atoms with E-state index in [4.69, 9.17) is 0 Å². The number of hydrogen-bond donors (Lipinski definition) is 1. The number of nitro groups is 1. The molecule has 0 atom stereocenters. The van der Waals surface area contributed by atoms with Crippen molar-refractivity contribution in [3.63, 3.8) is 0 Å².